The molecule has 1 heterocycles. The van der Waals surface area contributed by atoms with E-state index in [1.165, 1.54) is 0 Å². The first-order chi connectivity index (χ1) is 4.84. The Morgan fingerprint density at radius 1 is 1.64 bits per heavy atom. The van der Waals surface area contributed by atoms with Crippen molar-refractivity contribution < 1.29 is 9.84 Å². The first-order valence-corrected chi connectivity index (χ1v) is 3.85. The van der Waals surface area contributed by atoms with Gasteiger partial charge in [-0.05, 0) is 19.9 Å². The molecule has 1 aliphatic rings. The van der Waals surface area contributed by atoms with E-state index in [9.17, 15) is 5.11 Å². The number of halogens is 1. The van der Waals surface area contributed by atoms with Crippen LogP contribution in [0.15, 0.2) is 0 Å². The summed E-state index contributed by atoms with van der Waals surface area (Å²) >= 11 is 0. The maximum Gasteiger partial charge on any atom is 0.0958 e. The third-order valence-electron chi connectivity index (χ3n) is 1.77. The monoisotopic (exact) mass is 181 g/mol. The van der Waals surface area contributed by atoms with Gasteiger partial charge in [-0.1, -0.05) is 0 Å². The minimum atomic E-state index is -0.263. The van der Waals surface area contributed by atoms with Gasteiger partial charge in [0.2, 0.25) is 0 Å². The highest BCUT2D eigenvalue weighted by molar-refractivity contribution is 5.85. The predicted molar refractivity (Wildman–Crippen MR) is 46.2 cm³/mol. The molecular weight excluding hydrogens is 166 g/mol. The fourth-order valence-electron chi connectivity index (χ4n) is 1.20. The number of nitrogens with one attached hydrogen (secondary N) is 1. The Labute approximate surface area is 73.5 Å². The summed E-state index contributed by atoms with van der Waals surface area (Å²) < 4.78 is 5.28. The summed E-state index contributed by atoms with van der Waals surface area (Å²) in [5.41, 5.74) is 0. The molecule has 4 heteroatoms. The van der Waals surface area contributed by atoms with Crippen molar-refractivity contribution in [2.24, 2.45) is 0 Å². The topological polar surface area (TPSA) is 41.5 Å². The van der Waals surface area contributed by atoms with Crippen LogP contribution in [0, 0.1) is 0 Å². The van der Waals surface area contributed by atoms with Crippen molar-refractivity contribution >= 4 is 12.4 Å². The summed E-state index contributed by atoms with van der Waals surface area (Å²) in [5, 5.41) is 12.5. The van der Waals surface area contributed by atoms with Crippen molar-refractivity contribution in [2.75, 3.05) is 19.7 Å². The molecule has 0 saturated carbocycles. The van der Waals surface area contributed by atoms with Crippen LogP contribution in [0.5, 0.6) is 0 Å². The van der Waals surface area contributed by atoms with E-state index < -0.39 is 0 Å². The van der Waals surface area contributed by atoms with E-state index in [0.29, 0.717) is 6.61 Å². The van der Waals surface area contributed by atoms with Crippen LogP contribution >= 0.6 is 12.4 Å². The van der Waals surface area contributed by atoms with Crippen molar-refractivity contribution in [3.05, 3.63) is 0 Å². The molecule has 11 heavy (non-hydrogen) atoms. The maximum atomic E-state index is 9.34. The molecule has 1 aliphatic heterocycles. The third kappa shape index (κ3) is 3.38. The van der Waals surface area contributed by atoms with Crippen molar-refractivity contribution in [3.63, 3.8) is 0 Å². The molecule has 2 atom stereocenters. The van der Waals surface area contributed by atoms with E-state index in [-0.39, 0.29) is 24.6 Å². The van der Waals surface area contributed by atoms with Gasteiger partial charge in [-0.25, -0.2) is 0 Å². The van der Waals surface area contributed by atoms with Crippen LogP contribution in [0.25, 0.3) is 0 Å². The quantitative estimate of drug-likeness (QED) is 0.638. The number of hydrogen-bond donors (Lipinski definition) is 2. The molecule has 0 spiro atoms. The highest BCUT2D eigenvalue weighted by Crippen LogP contribution is 2.06. The van der Waals surface area contributed by atoms with E-state index in [4.69, 9.17) is 4.74 Å². The predicted octanol–water partition coefficient (Wildman–Crippen LogP) is 0.167. The normalized spacial score (nSPS) is 31.1. The van der Waals surface area contributed by atoms with Gasteiger partial charge in [0.1, 0.15) is 0 Å². The van der Waals surface area contributed by atoms with Gasteiger partial charge >= 0.3 is 0 Å². The summed E-state index contributed by atoms with van der Waals surface area (Å²) in [6.45, 7) is 4.32. The maximum absolute atomic E-state index is 9.34. The van der Waals surface area contributed by atoms with Crippen LogP contribution in [0.4, 0.5) is 0 Å². The Balaban J connectivity index is 0.000001000. The largest absolute Gasteiger partial charge is 0.390 e. The summed E-state index contributed by atoms with van der Waals surface area (Å²) in [6.07, 6.45) is 0.560. The van der Waals surface area contributed by atoms with E-state index in [0.717, 1.165) is 19.5 Å². The highest BCUT2D eigenvalue weighted by Gasteiger charge is 2.22. The summed E-state index contributed by atoms with van der Waals surface area (Å²) in [7, 11) is 0. The lowest BCUT2D eigenvalue weighted by Gasteiger charge is -2.27. The third-order valence-corrected chi connectivity index (χ3v) is 1.77. The average molecular weight is 182 g/mol. The summed E-state index contributed by atoms with van der Waals surface area (Å²) in [6, 6.07) is 0. The van der Waals surface area contributed by atoms with Crippen LogP contribution in [0.3, 0.4) is 0 Å². The fourth-order valence-corrected chi connectivity index (χ4v) is 1.20. The molecule has 68 valence electrons. The first-order valence-electron chi connectivity index (χ1n) is 3.85. The molecule has 2 N–H and O–H groups in total. The molecule has 0 aromatic carbocycles. The van der Waals surface area contributed by atoms with E-state index in [2.05, 4.69) is 5.32 Å². The van der Waals surface area contributed by atoms with Gasteiger partial charge < -0.3 is 15.2 Å². The van der Waals surface area contributed by atoms with E-state index in [1.54, 1.807) is 0 Å². The second-order valence-electron chi connectivity index (χ2n) is 2.55. The molecule has 3 nitrogen and oxygen atoms in total. The Bertz CT molecular complexity index is 100. The zero-order valence-electron chi connectivity index (χ0n) is 6.75. The van der Waals surface area contributed by atoms with Crippen LogP contribution < -0.4 is 5.32 Å². The summed E-state index contributed by atoms with van der Waals surface area (Å²) in [4.78, 5) is 0. The second kappa shape index (κ2) is 5.77. The van der Waals surface area contributed by atoms with Crippen LogP contribution in [0.2, 0.25) is 0 Å². The molecule has 0 amide bonds. The van der Waals surface area contributed by atoms with Crippen LogP contribution in [-0.2, 0) is 4.74 Å². The van der Waals surface area contributed by atoms with E-state index in [1.807, 2.05) is 6.92 Å². The summed E-state index contributed by atoms with van der Waals surface area (Å²) in [5.74, 6) is 0. The van der Waals surface area contributed by atoms with Gasteiger partial charge in [0.05, 0.1) is 12.2 Å². The van der Waals surface area contributed by atoms with Gasteiger partial charge in [0, 0.05) is 13.2 Å². The smallest absolute Gasteiger partial charge is 0.0958 e. The number of piperidine rings is 1. The fraction of sp³-hybridized carbons (Fsp3) is 1.00. The zero-order valence-corrected chi connectivity index (χ0v) is 7.56. The van der Waals surface area contributed by atoms with Gasteiger partial charge in [-0.2, -0.15) is 0 Å². The SMILES string of the molecule is CCO[C@H]1CNCC[C@H]1O.Cl. The molecule has 0 aromatic heterocycles. The Morgan fingerprint density at radius 2 is 2.36 bits per heavy atom. The molecule has 0 unspecified atom stereocenters. The zero-order chi connectivity index (χ0) is 7.40. The molecule has 0 radical (unpaired) electrons. The lowest BCUT2D eigenvalue weighted by Crippen LogP contribution is -2.45. The van der Waals surface area contributed by atoms with E-state index >= 15 is 0 Å². The first kappa shape index (κ1) is 11.2. The lowest BCUT2D eigenvalue weighted by atomic mass is 10.1. The number of rotatable bonds is 2. The number of ether oxygens (including phenoxy) is 1. The van der Waals surface area contributed by atoms with Gasteiger partial charge in [0.25, 0.3) is 0 Å². The van der Waals surface area contributed by atoms with Gasteiger partial charge in [-0.15, -0.1) is 12.4 Å². The molecular formula is C7H16ClNO2. The number of hydrogen-bond acceptors (Lipinski definition) is 3. The van der Waals surface area contributed by atoms with Crippen molar-refractivity contribution in [1.29, 1.82) is 0 Å². The number of aliphatic hydroxyl groups is 1. The molecule has 1 saturated heterocycles. The Kier molecular flexibility index (Phi) is 5.86. The van der Waals surface area contributed by atoms with Crippen LogP contribution in [-0.4, -0.2) is 37.0 Å². The standard InChI is InChI=1S/C7H15NO2.ClH/c1-2-10-7-5-8-4-3-6(7)9;/h6-9H,2-5H2,1H3;1H/t6-,7+;/m1./s1. The van der Waals surface area contributed by atoms with Crippen molar-refractivity contribution in [3.8, 4) is 0 Å². The van der Waals surface area contributed by atoms with Crippen molar-refractivity contribution in [1.82, 2.24) is 5.32 Å². The lowest BCUT2D eigenvalue weighted by molar-refractivity contribution is -0.0460. The Hall–Kier alpha value is 0.170. The minimum Gasteiger partial charge on any atom is -0.390 e. The van der Waals surface area contributed by atoms with Gasteiger partial charge in [-0.3, -0.25) is 0 Å². The molecule has 0 aliphatic carbocycles. The highest BCUT2D eigenvalue weighted by atomic mass is 35.5. The second-order valence-corrected chi connectivity index (χ2v) is 2.55. The van der Waals surface area contributed by atoms with Crippen LogP contribution in [0.1, 0.15) is 13.3 Å². The molecule has 0 bridgehead atoms. The Morgan fingerprint density at radius 3 is 2.91 bits per heavy atom. The number of aliphatic hydroxyl groups excluding tert-OH is 1. The molecule has 1 fully saturated rings. The van der Waals surface area contributed by atoms with Crippen molar-refractivity contribution in [2.45, 2.75) is 25.6 Å². The molecule has 1 rings (SSSR count). The minimum absolute atomic E-state index is 0. The van der Waals surface area contributed by atoms with Gasteiger partial charge in [0.15, 0.2) is 0 Å². The molecule has 0 aromatic rings. The average Bonchev–Trinajstić information content (AvgIpc) is 1.94.